The lowest BCUT2D eigenvalue weighted by Gasteiger charge is -2.24. The van der Waals surface area contributed by atoms with Crippen LogP contribution in [0.4, 0.5) is 0 Å². The molecule has 1 aromatic rings. The van der Waals surface area contributed by atoms with Gasteiger partial charge >= 0.3 is 0 Å². The molecule has 3 heteroatoms. The highest BCUT2D eigenvalue weighted by molar-refractivity contribution is 7.09. The molecule has 72 valence electrons. The third kappa shape index (κ3) is 2.09. The van der Waals surface area contributed by atoms with E-state index in [1.165, 1.54) is 32.1 Å². The Labute approximate surface area is 82.6 Å². The molecule has 1 aromatic heterocycles. The van der Waals surface area contributed by atoms with Crippen LogP contribution in [0.5, 0.6) is 0 Å². The number of hydrogen-bond acceptors (Lipinski definition) is 3. The highest BCUT2D eigenvalue weighted by Crippen LogP contribution is 2.34. The van der Waals surface area contributed by atoms with Gasteiger partial charge in [-0.2, -0.15) is 0 Å². The van der Waals surface area contributed by atoms with Crippen molar-refractivity contribution in [2.45, 2.75) is 38.2 Å². The molecule has 1 unspecified atom stereocenters. The first-order valence-electron chi connectivity index (χ1n) is 4.95. The second-order valence-corrected chi connectivity index (χ2v) is 4.64. The molecule has 1 saturated carbocycles. The first kappa shape index (κ1) is 9.16. The summed E-state index contributed by atoms with van der Waals surface area (Å²) in [5.74, 6) is 0.458. The molecule has 1 aliphatic carbocycles. The lowest BCUT2D eigenvalue weighted by molar-refractivity contribution is 0.0846. The van der Waals surface area contributed by atoms with E-state index in [-0.39, 0.29) is 6.10 Å². The predicted molar refractivity (Wildman–Crippen MR) is 53.6 cm³/mol. The van der Waals surface area contributed by atoms with Gasteiger partial charge in [-0.25, -0.2) is 4.98 Å². The van der Waals surface area contributed by atoms with Gasteiger partial charge in [-0.05, 0) is 18.8 Å². The lowest BCUT2D eigenvalue weighted by Crippen LogP contribution is -2.15. The zero-order valence-corrected chi connectivity index (χ0v) is 8.46. The van der Waals surface area contributed by atoms with Gasteiger partial charge in [0.05, 0.1) is 0 Å². The molecule has 0 amide bonds. The van der Waals surface area contributed by atoms with E-state index < -0.39 is 0 Å². The Morgan fingerprint density at radius 2 is 2.15 bits per heavy atom. The molecule has 0 spiro atoms. The van der Waals surface area contributed by atoms with E-state index in [1.54, 1.807) is 17.5 Å². The van der Waals surface area contributed by atoms with Crippen molar-refractivity contribution >= 4 is 11.3 Å². The van der Waals surface area contributed by atoms with E-state index >= 15 is 0 Å². The summed E-state index contributed by atoms with van der Waals surface area (Å²) < 4.78 is 0. The molecule has 0 aromatic carbocycles. The monoisotopic (exact) mass is 197 g/mol. The van der Waals surface area contributed by atoms with Gasteiger partial charge in [0.2, 0.25) is 0 Å². The average molecular weight is 197 g/mol. The van der Waals surface area contributed by atoms with E-state index in [0.29, 0.717) is 5.92 Å². The lowest BCUT2D eigenvalue weighted by atomic mass is 9.85. The van der Waals surface area contributed by atoms with Crippen LogP contribution in [0.25, 0.3) is 0 Å². The van der Waals surface area contributed by atoms with Gasteiger partial charge in [0.15, 0.2) is 0 Å². The summed E-state index contributed by atoms with van der Waals surface area (Å²) in [7, 11) is 0. The van der Waals surface area contributed by atoms with Crippen LogP contribution < -0.4 is 0 Å². The van der Waals surface area contributed by atoms with E-state index in [0.717, 1.165) is 5.01 Å². The summed E-state index contributed by atoms with van der Waals surface area (Å²) in [6.07, 6.45) is 7.68. The Kier molecular flexibility index (Phi) is 2.96. The third-order valence-corrected chi connectivity index (χ3v) is 3.65. The van der Waals surface area contributed by atoms with Crippen LogP contribution in [0.15, 0.2) is 11.6 Å². The Morgan fingerprint density at radius 3 is 2.77 bits per heavy atom. The molecular weight excluding hydrogens is 182 g/mol. The number of nitrogens with zero attached hydrogens (tertiary/aromatic N) is 1. The summed E-state index contributed by atoms with van der Waals surface area (Å²) in [5, 5.41) is 12.8. The van der Waals surface area contributed by atoms with Gasteiger partial charge in [-0.1, -0.05) is 19.3 Å². The third-order valence-electron chi connectivity index (χ3n) is 2.80. The van der Waals surface area contributed by atoms with Crippen molar-refractivity contribution < 1.29 is 5.11 Å². The second kappa shape index (κ2) is 4.20. The van der Waals surface area contributed by atoms with Crippen molar-refractivity contribution in [3.63, 3.8) is 0 Å². The molecule has 1 atom stereocenters. The number of rotatable bonds is 2. The maximum Gasteiger partial charge on any atom is 0.121 e. The molecule has 13 heavy (non-hydrogen) atoms. The minimum Gasteiger partial charge on any atom is -0.386 e. The molecule has 0 radical (unpaired) electrons. The van der Waals surface area contributed by atoms with Crippen molar-refractivity contribution in [1.29, 1.82) is 0 Å². The second-order valence-electron chi connectivity index (χ2n) is 3.71. The molecule has 1 fully saturated rings. The minimum absolute atomic E-state index is 0.305. The normalized spacial score (nSPS) is 21.6. The highest BCUT2D eigenvalue weighted by Gasteiger charge is 2.24. The van der Waals surface area contributed by atoms with Gasteiger partial charge < -0.3 is 5.11 Å². The average Bonchev–Trinajstić information content (AvgIpc) is 2.71. The van der Waals surface area contributed by atoms with Crippen LogP contribution >= 0.6 is 11.3 Å². The van der Waals surface area contributed by atoms with Crippen LogP contribution in [0.1, 0.15) is 43.2 Å². The molecular formula is C10H15NOS. The number of aliphatic hydroxyl groups excluding tert-OH is 1. The standard InChI is InChI=1S/C10H15NOS/c12-9(10-11-6-7-13-10)8-4-2-1-3-5-8/h6-9,12H,1-5H2. The molecule has 2 nitrogen and oxygen atoms in total. The molecule has 1 N–H and O–H groups in total. The summed E-state index contributed by atoms with van der Waals surface area (Å²) in [6.45, 7) is 0. The van der Waals surface area contributed by atoms with E-state index in [2.05, 4.69) is 4.98 Å². The fraction of sp³-hybridized carbons (Fsp3) is 0.700. The molecule has 0 saturated heterocycles. The zero-order valence-electron chi connectivity index (χ0n) is 7.65. The first-order valence-corrected chi connectivity index (χ1v) is 5.83. The first-order chi connectivity index (χ1) is 6.38. The molecule has 1 heterocycles. The van der Waals surface area contributed by atoms with Crippen molar-refractivity contribution in [3.05, 3.63) is 16.6 Å². The van der Waals surface area contributed by atoms with Gasteiger partial charge in [-0.15, -0.1) is 11.3 Å². The highest BCUT2D eigenvalue weighted by atomic mass is 32.1. The molecule has 1 aliphatic rings. The van der Waals surface area contributed by atoms with Gasteiger partial charge in [0, 0.05) is 11.6 Å². The van der Waals surface area contributed by atoms with E-state index in [4.69, 9.17) is 0 Å². The number of hydrogen-bond donors (Lipinski definition) is 1. The Hall–Kier alpha value is -0.410. The maximum atomic E-state index is 9.98. The Bertz CT molecular complexity index is 241. The van der Waals surface area contributed by atoms with Crippen LogP contribution in [0, 0.1) is 5.92 Å². The fourth-order valence-corrected chi connectivity index (χ4v) is 2.75. The Balaban J connectivity index is 1.99. The number of thiazole rings is 1. The quantitative estimate of drug-likeness (QED) is 0.790. The maximum absolute atomic E-state index is 9.98. The minimum atomic E-state index is -0.305. The van der Waals surface area contributed by atoms with Crippen molar-refractivity contribution in [2.24, 2.45) is 5.92 Å². The number of aromatic nitrogens is 1. The summed E-state index contributed by atoms with van der Waals surface area (Å²) in [6, 6.07) is 0. The van der Waals surface area contributed by atoms with E-state index in [1.807, 2.05) is 5.38 Å². The van der Waals surface area contributed by atoms with Crippen molar-refractivity contribution in [3.8, 4) is 0 Å². The van der Waals surface area contributed by atoms with Gasteiger partial charge in [-0.3, -0.25) is 0 Å². The van der Waals surface area contributed by atoms with Crippen LogP contribution in [0.2, 0.25) is 0 Å². The van der Waals surface area contributed by atoms with Crippen LogP contribution in [-0.2, 0) is 0 Å². The van der Waals surface area contributed by atoms with Crippen LogP contribution in [0.3, 0.4) is 0 Å². The summed E-state index contributed by atoms with van der Waals surface area (Å²) in [4.78, 5) is 4.16. The molecule has 2 rings (SSSR count). The summed E-state index contributed by atoms with van der Waals surface area (Å²) >= 11 is 1.56. The summed E-state index contributed by atoms with van der Waals surface area (Å²) in [5.41, 5.74) is 0. The van der Waals surface area contributed by atoms with Crippen molar-refractivity contribution in [1.82, 2.24) is 4.98 Å². The Morgan fingerprint density at radius 1 is 1.38 bits per heavy atom. The van der Waals surface area contributed by atoms with E-state index in [9.17, 15) is 5.11 Å². The predicted octanol–water partition coefficient (Wildman–Crippen LogP) is 2.76. The molecule has 0 aliphatic heterocycles. The number of aliphatic hydroxyl groups is 1. The smallest absolute Gasteiger partial charge is 0.121 e. The zero-order chi connectivity index (χ0) is 9.10. The van der Waals surface area contributed by atoms with Gasteiger partial charge in [0.1, 0.15) is 11.1 Å². The van der Waals surface area contributed by atoms with Gasteiger partial charge in [0.25, 0.3) is 0 Å². The van der Waals surface area contributed by atoms with Crippen LogP contribution in [-0.4, -0.2) is 10.1 Å². The molecule has 0 bridgehead atoms. The largest absolute Gasteiger partial charge is 0.386 e. The topological polar surface area (TPSA) is 33.1 Å². The SMILES string of the molecule is OC(c1nccs1)C1CCCCC1. The van der Waals surface area contributed by atoms with Crippen molar-refractivity contribution in [2.75, 3.05) is 0 Å². The fourth-order valence-electron chi connectivity index (χ4n) is 2.03.